The molecule has 1 aliphatic rings. The molecule has 1 aromatic heterocycles. The molecule has 5 heteroatoms. The average molecular weight is 350 g/mol. The minimum atomic E-state index is -0.0797. The summed E-state index contributed by atoms with van der Waals surface area (Å²) in [7, 11) is 1.61. The van der Waals surface area contributed by atoms with Gasteiger partial charge in [0.05, 0.1) is 19.2 Å². The number of methoxy groups -OCH3 is 1. The molecule has 25 heavy (non-hydrogen) atoms. The van der Waals surface area contributed by atoms with Gasteiger partial charge in [-0.1, -0.05) is 42.5 Å². The molecule has 1 N–H and O–H groups in total. The van der Waals surface area contributed by atoms with Gasteiger partial charge in [0.1, 0.15) is 5.75 Å². The Hall–Kier alpha value is -2.66. The summed E-state index contributed by atoms with van der Waals surface area (Å²) in [4.78, 5) is 18.3. The highest BCUT2D eigenvalue weighted by Gasteiger charge is 2.21. The number of carbonyl (C=O) groups excluding carboxylic acids is 1. The molecule has 0 radical (unpaired) electrons. The molecule has 0 bridgehead atoms. The highest BCUT2D eigenvalue weighted by atomic mass is 32.1. The topological polar surface area (TPSA) is 51.2 Å². The number of fused-ring (bicyclic) bond motifs is 3. The van der Waals surface area contributed by atoms with Gasteiger partial charge in [-0.2, -0.15) is 0 Å². The third kappa shape index (κ3) is 3.15. The van der Waals surface area contributed by atoms with E-state index in [-0.39, 0.29) is 12.3 Å². The molecule has 0 aliphatic heterocycles. The van der Waals surface area contributed by atoms with E-state index >= 15 is 0 Å². The number of amides is 1. The summed E-state index contributed by atoms with van der Waals surface area (Å²) in [5, 5.41) is 3.61. The molecule has 1 heterocycles. The monoisotopic (exact) mass is 350 g/mol. The van der Waals surface area contributed by atoms with E-state index < -0.39 is 0 Å². The molecule has 2 aromatic carbocycles. The Morgan fingerprint density at radius 1 is 1.16 bits per heavy atom. The van der Waals surface area contributed by atoms with Crippen molar-refractivity contribution in [3.8, 4) is 17.0 Å². The zero-order valence-electron chi connectivity index (χ0n) is 13.9. The van der Waals surface area contributed by atoms with Gasteiger partial charge in [0, 0.05) is 16.0 Å². The van der Waals surface area contributed by atoms with E-state index in [0.717, 1.165) is 29.8 Å². The predicted octanol–water partition coefficient (Wildman–Crippen LogP) is 4.10. The summed E-state index contributed by atoms with van der Waals surface area (Å²) in [6, 6.07) is 15.9. The van der Waals surface area contributed by atoms with Crippen molar-refractivity contribution in [2.24, 2.45) is 0 Å². The number of aromatic nitrogens is 1. The Morgan fingerprint density at radius 3 is 2.84 bits per heavy atom. The molecule has 4 rings (SSSR count). The van der Waals surface area contributed by atoms with Crippen LogP contribution in [0.25, 0.3) is 11.3 Å². The van der Waals surface area contributed by atoms with Crippen molar-refractivity contribution in [3.63, 3.8) is 0 Å². The normalized spacial score (nSPS) is 12.2. The van der Waals surface area contributed by atoms with Crippen molar-refractivity contribution >= 4 is 22.4 Å². The highest BCUT2D eigenvalue weighted by molar-refractivity contribution is 7.16. The molecule has 0 fully saturated rings. The summed E-state index contributed by atoms with van der Waals surface area (Å²) < 4.78 is 5.31. The summed E-state index contributed by atoms with van der Waals surface area (Å²) in [6.07, 6.45) is 2.28. The molecule has 1 amide bonds. The van der Waals surface area contributed by atoms with Crippen molar-refractivity contribution in [1.29, 1.82) is 0 Å². The maximum atomic E-state index is 12.4. The number of thiazole rings is 1. The first-order valence-electron chi connectivity index (χ1n) is 8.24. The Labute approximate surface area is 150 Å². The number of hydrogen-bond acceptors (Lipinski definition) is 4. The lowest BCUT2D eigenvalue weighted by atomic mass is 9.94. The molecule has 0 saturated carbocycles. The number of aryl methyl sites for hydroxylation is 2. The van der Waals surface area contributed by atoms with Crippen LogP contribution in [0.3, 0.4) is 0 Å². The molecule has 1 aliphatic carbocycles. The van der Waals surface area contributed by atoms with Gasteiger partial charge < -0.3 is 10.1 Å². The number of hydrogen-bond donors (Lipinski definition) is 1. The van der Waals surface area contributed by atoms with Crippen LogP contribution < -0.4 is 10.1 Å². The number of benzene rings is 2. The van der Waals surface area contributed by atoms with E-state index in [4.69, 9.17) is 4.74 Å². The fourth-order valence-corrected chi connectivity index (χ4v) is 4.18. The van der Waals surface area contributed by atoms with Gasteiger partial charge in [0.15, 0.2) is 5.13 Å². The number of para-hydroxylation sites is 1. The van der Waals surface area contributed by atoms with Crippen molar-refractivity contribution in [2.75, 3.05) is 12.4 Å². The SMILES string of the molecule is COc1ccccc1CC(=O)Nc1nc2c(s1)CCc1ccccc1-2. The van der Waals surface area contributed by atoms with Gasteiger partial charge in [-0.25, -0.2) is 4.98 Å². The van der Waals surface area contributed by atoms with Crippen LogP contribution in [0.15, 0.2) is 48.5 Å². The molecule has 0 atom stereocenters. The lowest BCUT2D eigenvalue weighted by molar-refractivity contribution is -0.115. The second-order valence-corrected chi connectivity index (χ2v) is 7.07. The van der Waals surface area contributed by atoms with E-state index in [2.05, 4.69) is 28.5 Å². The van der Waals surface area contributed by atoms with Crippen LogP contribution in [0.4, 0.5) is 5.13 Å². The Balaban J connectivity index is 1.53. The van der Waals surface area contributed by atoms with Gasteiger partial charge in [-0.05, 0) is 24.5 Å². The lowest BCUT2D eigenvalue weighted by Gasteiger charge is -2.13. The number of ether oxygens (including phenoxy) is 1. The van der Waals surface area contributed by atoms with Crippen molar-refractivity contribution in [3.05, 3.63) is 64.5 Å². The third-order valence-corrected chi connectivity index (χ3v) is 5.41. The van der Waals surface area contributed by atoms with Crippen LogP contribution >= 0.6 is 11.3 Å². The number of rotatable bonds is 4. The Kier molecular flexibility index (Phi) is 4.24. The van der Waals surface area contributed by atoms with Crippen LogP contribution in [-0.2, 0) is 24.1 Å². The summed E-state index contributed by atoms with van der Waals surface area (Å²) in [6.45, 7) is 0. The van der Waals surface area contributed by atoms with Crippen LogP contribution in [0.5, 0.6) is 5.75 Å². The van der Waals surface area contributed by atoms with Crippen molar-refractivity contribution < 1.29 is 9.53 Å². The quantitative estimate of drug-likeness (QED) is 0.771. The maximum Gasteiger partial charge on any atom is 0.230 e. The average Bonchev–Trinajstić information content (AvgIpc) is 3.05. The van der Waals surface area contributed by atoms with Crippen LogP contribution in [-0.4, -0.2) is 18.0 Å². The minimum absolute atomic E-state index is 0.0797. The van der Waals surface area contributed by atoms with Crippen LogP contribution in [0, 0.1) is 0 Å². The highest BCUT2D eigenvalue weighted by Crippen LogP contribution is 2.38. The molecule has 0 spiro atoms. The molecule has 3 aromatic rings. The largest absolute Gasteiger partial charge is 0.496 e. The fourth-order valence-electron chi connectivity index (χ4n) is 3.19. The van der Waals surface area contributed by atoms with Crippen LogP contribution in [0.1, 0.15) is 16.0 Å². The van der Waals surface area contributed by atoms with Crippen molar-refractivity contribution in [2.45, 2.75) is 19.3 Å². The molecule has 4 nitrogen and oxygen atoms in total. The molecule has 126 valence electrons. The van der Waals surface area contributed by atoms with Gasteiger partial charge in [0.25, 0.3) is 0 Å². The van der Waals surface area contributed by atoms with Gasteiger partial charge >= 0.3 is 0 Å². The second-order valence-electron chi connectivity index (χ2n) is 5.98. The van der Waals surface area contributed by atoms with Gasteiger partial charge in [-0.15, -0.1) is 11.3 Å². The molecule has 0 unspecified atom stereocenters. The van der Waals surface area contributed by atoms with Gasteiger partial charge in [0.2, 0.25) is 5.91 Å². The zero-order valence-corrected chi connectivity index (χ0v) is 14.7. The number of anilines is 1. The summed E-state index contributed by atoms with van der Waals surface area (Å²) >= 11 is 1.57. The van der Waals surface area contributed by atoms with E-state index in [9.17, 15) is 4.79 Å². The van der Waals surface area contributed by atoms with E-state index in [0.29, 0.717) is 5.13 Å². The Morgan fingerprint density at radius 2 is 1.96 bits per heavy atom. The molecular formula is C20H18N2O2S. The number of nitrogens with one attached hydrogen (secondary N) is 1. The Bertz CT molecular complexity index is 933. The van der Waals surface area contributed by atoms with Crippen LogP contribution in [0.2, 0.25) is 0 Å². The minimum Gasteiger partial charge on any atom is -0.496 e. The first kappa shape index (κ1) is 15.8. The maximum absolute atomic E-state index is 12.4. The van der Waals surface area contributed by atoms with Gasteiger partial charge in [-0.3, -0.25) is 4.79 Å². The summed E-state index contributed by atoms with van der Waals surface area (Å²) in [5.74, 6) is 0.647. The first-order chi connectivity index (χ1) is 12.2. The molecule has 0 saturated heterocycles. The molecular weight excluding hydrogens is 332 g/mol. The predicted molar refractivity (Wildman–Crippen MR) is 100 cm³/mol. The third-order valence-electron chi connectivity index (χ3n) is 4.38. The van der Waals surface area contributed by atoms with E-state index in [1.807, 2.05) is 30.3 Å². The first-order valence-corrected chi connectivity index (χ1v) is 9.06. The number of carbonyl (C=O) groups is 1. The van der Waals surface area contributed by atoms with E-state index in [1.54, 1.807) is 18.4 Å². The van der Waals surface area contributed by atoms with E-state index in [1.165, 1.54) is 16.0 Å². The standard InChI is InChI=1S/C20H18N2O2S/c1-24-16-9-5-3-7-14(16)12-18(23)21-20-22-19-15-8-4-2-6-13(15)10-11-17(19)25-20/h2-9H,10-12H2,1H3,(H,21,22,23). The second kappa shape index (κ2) is 6.69. The lowest BCUT2D eigenvalue weighted by Crippen LogP contribution is -2.14. The van der Waals surface area contributed by atoms with Crippen molar-refractivity contribution in [1.82, 2.24) is 4.98 Å². The summed E-state index contributed by atoms with van der Waals surface area (Å²) in [5.41, 5.74) is 4.39. The number of nitrogens with zero attached hydrogens (tertiary/aromatic N) is 1. The zero-order chi connectivity index (χ0) is 17.2. The smallest absolute Gasteiger partial charge is 0.230 e. The fraction of sp³-hybridized carbons (Fsp3) is 0.200.